The first-order chi connectivity index (χ1) is 7.84. The molecule has 0 aromatic carbocycles. The van der Waals surface area contributed by atoms with Gasteiger partial charge in [-0.1, -0.05) is 0 Å². The van der Waals surface area contributed by atoms with Crippen molar-refractivity contribution in [1.29, 1.82) is 0 Å². The number of nitrogens with two attached hydrogens (primary N) is 1. The van der Waals surface area contributed by atoms with Crippen molar-refractivity contribution >= 4 is 17.0 Å². The first kappa shape index (κ1) is 8.72. The quantitative estimate of drug-likeness (QED) is 0.605. The molecule has 0 aliphatic rings. The van der Waals surface area contributed by atoms with Gasteiger partial charge < -0.3 is 10.7 Å². The van der Waals surface area contributed by atoms with Crippen molar-refractivity contribution in [1.82, 2.24) is 29.9 Å². The van der Waals surface area contributed by atoms with Gasteiger partial charge in [0, 0.05) is 12.4 Å². The van der Waals surface area contributed by atoms with E-state index < -0.39 is 0 Å². The Labute approximate surface area is 89.8 Å². The third-order valence-electron chi connectivity index (χ3n) is 2.12. The molecule has 7 heteroatoms. The van der Waals surface area contributed by atoms with Gasteiger partial charge in [0.05, 0.1) is 6.20 Å². The molecule has 0 saturated heterocycles. The summed E-state index contributed by atoms with van der Waals surface area (Å²) >= 11 is 0. The van der Waals surface area contributed by atoms with Crippen LogP contribution in [0.2, 0.25) is 0 Å². The van der Waals surface area contributed by atoms with Gasteiger partial charge in [0.25, 0.3) is 0 Å². The molecule has 16 heavy (non-hydrogen) atoms. The number of nitrogen functional groups attached to an aromatic ring is 1. The Kier molecular flexibility index (Phi) is 1.76. The molecule has 0 aliphatic carbocycles. The molecular weight excluding hydrogens is 206 g/mol. The number of hydrogen-bond donors (Lipinski definition) is 2. The highest BCUT2D eigenvalue weighted by Crippen LogP contribution is 2.18. The summed E-state index contributed by atoms with van der Waals surface area (Å²) in [6.45, 7) is 0. The highest BCUT2D eigenvalue weighted by molar-refractivity contribution is 5.83. The lowest BCUT2D eigenvalue weighted by Gasteiger charge is -1.92. The molecule has 78 valence electrons. The van der Waals surface area contributed by atoms with Gasteiger partial charge in [-0.15, -0.1) is 0 Å². The minimum absolute atomic E-state index is 0.368. The largest absolute Gasteiger partial charge is 0.382 e. The SMILES string of the molecule is Nc1ncnc2nc(-c3cnccn3)[nH]c12. The third-order valence-corrected chi connectivity index (χ3v) is 2.12. The summed E-state index contributed by atoms with van der Waals surface area (Å²) in [5, 5.41) is 0. The first-order valence-electron chi connectivity index (χ1n) is 4.57. The fraction of sp³-hybridized carbons (Fsp3) is 0. The maximum atomic E-state index is 5.69. The van der Waals surface area contributed by atoms with E-state index in [1.165, 1.54) is 6.33 Å². The number of imidazole rings is 1. The van der Waals surface area contributed by atoms with Crippen molar-refractivity contribution < 1.29 is 0 Å². The molecule has 0 saturated carbocycles. The molecular formula is C9H7N7. The lowest BCUT2D eigenvalue weighted by molar-refractivity contribution is 1.16. The second-order valence-corrected chi connectivity index (χ2v) is 3.13. The van der Waals surface area contributed by atoms with Crippen LogP contribution in [0.25, 0.3) is 22.7 Å². The van der Waals surface area contributed by atoms with E-state index in [1.807, 2.05) is 0 Å². The number of hydrogen-bond acceptors (Lipinski definition) is 6. The van der Waals surface area contributed by atoms with Crippen LogP contribution in [-0.2, 0) is 0 Å². The van der Waals surface area contributed by atoms with Gasteiger partial charge in [-0.25, -0.2) is 19.9 Å². The summed E-state index contributed by atoms with van der Waals surface area (Å²) in [6.07, 6.45) is 6.18. The molecule has 3 aromatic rings. The number of aromatic amines is 1. The predicted molar refractivity (Wildman–Crippen MR) is 57.1 cm³/mol. The highest BCUT2D eigenvalue weighted by atomic mass is 15.1. The van der Waals surface area contributed by atoms with Crippen LogP contribution in [0.1, 0.15) is 0 Å². The molecule has 0 spiro atoms. The van der Waals surface area contributed by atoms with Gasteiger partial charge in [0.1, 0.15) is 17.5 Å². The number of nitrogens with zero attached hydrogens (tertiary/aromatic N) is 5. The van der Waals surface area contributed by atoms with Crippen LogP contribution in [0.5, 0.6) is 0 Å². The van der Waals surface area contributed by atoms with E-state index in [2.05, 4.69) is 29.9 Å². The van der Waals surface area contributed by atoms with Gasteiger partial charge in [0.15, 0.2) is 17.3 Å². The van der Waals surface area contributed by atoms with Gasteiger partial charge in [-0.05, 0) is 0 Å². The van der Waals surface area contributed by atoms with Gasteiger partial charge in [0.2, 0.25) is 0 Å². The zero-order chi connectivity index (χ0) is 11.0. The van der Waals surface area contributed by atoms with Crippen molar-refractivity contribution in [2.45, 2.75) is 0 Å². The Balaban J connectivity index is 2.23. The summed E-state index contributed by atoms with van der Waals surface area (Å²) in [7, 11) is 0. The van der Waals surface area contributed by atoms with Crippen molar-refractivity contribution in [3.8, 4) is 11.5 Å². The van der Waals surface area contributed by atoms with E-state index in [0.717, 1.165) is 0 Å². The molecule has 0 unspecified atom stereocenters. The lowest BCUT2D eigenvalue weighted by atomic mass is 10.4. The average Bonchev–Trinajstić information content (AvgIpc) is 2.76. The Morgan fingerprint density at radius 1 is 1.12 bits per heavy atom. The van der Waals surface area contributed by atoms with Crippen molar-refractivity contribution in [2.24, 2.45) is 0 Å². The Bertz CT molecular complexity index is 631. The monoisotopic (exact) mass is 213 g/mol. The second kappa shape index (κ2) is 3.23. The van der Waals surface area contributed by atoms with Crippen LogP contribution in [0, 0.1) is 0 Å². The number of H-pyrrole nitrogens is 1. The zero-order valence-corrected chi connectivity index (χ0v) is 8.12. The van der Waals surface area contributed by atoms with E-state index in [4.69, 9.17) is 5.73 Å². The molecule has 7 nitrogen and oxygen atoms in total. The van der Waals surface area contributed by atoms with Crippen LogP contribution in [0.3, 0.4) is 0 Å². The van der Waals surface area contributed by atoms with Gasteiger partial charge in [-0.3, -0.25) is 4.98 Å². The Morgan fingerprint density at radius 2 is 2.06 bits per heavy atom. The van der Waals surface area contributed by atoms with Gasteiger partial charge in [-0.2, -0.15) is 0 Å². The first-order valence-corrected chi connectivity index (χ1v) is 4.57. The summed E-state index contributed by atoms with van der Waals surface area (Å²) in [5.41, 5.74) is 7.46. The van der Waals surface area contributed by atoms with Crippen LogP contribution >= 0.6 is 0 Å². The second-order valence-electron chi connectivity index (χ2n) is 3.13. The topological polar surface area (TPSA) is 106 Å². The third kappa shape index (κ3) is 1.26. The normalized spacial score (nSPS) is 10.8. The number of rotatable bonds is 1. The lowest BCUT2D eigenvalue weighted by Crippen LogP contribution is -1.91. The zero-order valence-electron chi connectivity index (χ0n) is 8.12. The number of aromatic nitrogens is 6. The highest BCUT2D eigenvalue weighted by Gasteiger charge is 2.09. The maximum absolute atomic E-state index is 5.69. The minimum Gasteiger partial charge on any atom is -0.382 e. The summed E-state index contributed by atoms with van der Waals surface area (Å²) in [6, 6.07) is 0. The van der Waals surface area contributed by atoms with Crippen LogP contribution in [0.4, 0.5) is 5.82 Å². The van der Waals surface area contributed by atoms with Crippen LogP contribution in [0.15, 0.2) is 24.9 Å². The van der Waals surface area contributed by atoms with E-state index >= 15 is 0 Å². The molecule has 0 radical (unpaired) electrons. The van der Waals surface area contributed by atoms with Crippen molar-refractivity contribution in [2.75, 3.05) is 5.73 Å². The number of anilines is 1. The minimum atomic E-state index is 0.368. The Hall–Kier alpha value is -2.57. The summed E-state index contributed by atoms with van der Waals surface area (Å²) in [4.78, 5) is 23.2. The van der Waals surface area contributed by atoms with E-state index in [1.54, 1.807) is 18.6 Å². The molecule has 3 heterocycles. The van der Waals surface area contributed by atoms with Crippen LogP contribution in [-0.4, -0.2) is 29.9 Å². The maximum Gasteiger partial charge on any atom is 0.183 e. The average molecular weight is 213 g/mol. The van der Waals surface area contributed by atoms with Crippen molar-refractivity contribution in [3.05, 3.63) is 24.9 Å². The van der Waals surface area contributed by atoms with E-state index in [0.29, 0.717) is 28.5 Å². The van der Waals surface area contributed by atoms with E-state index in [9.17, 15) is 0 Å². The standard InChI is InChI=1S/C9H7N7/c10-7-6-9(14-4-13-7)16-8(15-6)5-3-11-1-2-12-5/h1-4H,(H3,10,13,14,15,16). The molecule has 0 aliphatic heterocycles. The summed E-state index contributed by atoms with van der Waals surface area (Å²) in [5.74, 6) is 0.947. The molecule has 3 aromatic heterocycles. The molecule has 0 atom stereocenters. The number of fused-ring (bicyclic) bond motifs is 1. The molecule has 3 rings (SSSR count). The van der Waals surface area contributed by atoms with E-state index in [-0.39, 0.29) is 0 Å². The van der Waals surface area contributed by atoms with Crippen molar-refractivity contribution in [3.63, 3.8) is 0 Å². The predicted octanol–water partition coefficient (Wildman–Crippen LogP) is 0.392. The fourth-order valence-electron chi connectivity index (χ4n) is 1.39. The van der Waals surface area contributed by atoms with Crippen LogP contribution < -0.4 is 5.73 Å². The smallest absolute Gasteiger partial charge is 0.183 e. The molecule has 3 N–H and O–H groups in total. The Morgan fingerprint density at radius 3 is 2.81 bits per heavy atom. The fourth-order valence-corrected chi connectivity index (χ4v) is 1.39. The molecule has 0 bridgehead atoms. The summed E-state index contributed by atoms with van der Waals surface area (Å²) < 4.78 is 0. The van der Waals surface area contributed by atoms with Gasteiger partial charge >= 0.3 is 0 Å². The number of nitrogens with one attached hydrogen (secondary N) is 1. The molecule has 0 fully saturated rings. The molecule has 0 amide bonds.